The summed E-state index contributed by atoms with van der Waals surface area (Å²) in [4.78, 5) is 8.45. The molecule has 6 heteroatoms. The zero-order chi connectivity index (χ0) is 15.0. The fourth-order valence-corrected chi connectivity index (χ4v) is 2.43. The third-order valence-corrected chi connectivity index (χ3v) is 3.61. The van der Waals surface area contributed by atoms with Crippen LogP contribution in [-0.2, 0) is 0 Å². The summed E-state index contributed by atoms with van der Waals surface area (Å²) in [6.45, 7) is 4.34. The van der Waals surface area contributed by atoms with Crippen LogP contribution < -0.4 is 5.32 Å². The van der Waals surface area contributed by atoms with E-state index in [0.717, 1.165) is 11.1 Å². The van der Waals surface area contributed by atoms with Gasteiger partial charge in [-0.2, -0.15) is 15.1 Å². The molecule has 1 N–H and O–H groups in total. The summed E-state index contributed by atoms with van der Waals surface area (Å²) in [5, 5.41) is 8.46. The Bertz CT molecular complexity index is 777. The molecule has 0 saturated carbocycles. The van der Waals surface area contributed by atoms with Crippen molar-refractivity contribution in [1.82, 2.24) is 19.7 Å². The van der Waals surface area contributed by atoms with Crippen LogP contribution in [0.5, 0.6) is 0 Å². The van der Waals surface area contributed by atoms with Gasteiger partial charge in [-0.05, 0) is 35.2 Å². The summed E-state index contributed by atoms with van der Waals surface area (Å²) in [6.07, 6.45) is 1.74. The molecule has 2 aromatic heterocycles. The highest BCUT2D eigenvalue weighted by atomic mass is 35.5. The zero-order valence-electron chi connectivity index (χ0n) is 12.1. The lowest BCUT2D eigenvalue weighted by molar-refractivity contribution is 0.858. The third-order valence-electron chi connectivity index (χ3n) is 3.44. The molecule has 0 aliphatic rings. The van der Waals surface area contributed by atoms with Gasteiger partial charge in [0, 0.05) is 7.05 Å². The van der Waals surface area contributed by atoms with E-state index in [9.17, 15) is 0 Å². The number of anilines is 1. The van der Waals surface area contributed by atoms with Gasteiger partial charge >= 0.3 is 0 Å². The summed E-state index contributed by atoms with van der Waals surface area (Å²) >= 11 is 5.98. The summed E-state index contributed by atoms with van der Waals surface area (Å²) in [6, 6.07) is 8.29. The van der Waals surface area contributed by atoms with Crippen LogP contribution in [0.25, 0.3) is 16.7 Å². The number of nitrogens with zero attached hydrogens (tertiary/aromatic N) is 4. The minimum Gasteiger partial charge on any atom is -0.372 e. The second-order valence-electron chi connectivity index (χ2n) is 5.13. The summed E-state index contributed by atoms with van der Waals surface area (Å²) in [7, 11) is 1.80. The molecule has 0 unspecified atom stereocenters. The topological polar surface area (TPSA) is 55.6 Å². The van der Waals surface area contributed by atoms with E-state index in [2.05, 4.69) is 46.4 Å². The van der Waals surface area contributed by atoms with Crippen LogP contribution in [0.15, 0.2) is 30.5 Å². The smallest absolute Gasteiger partial charge is 0.226 e. The van der Waals surface area contributed by atoms with Gasteiger partial charge in [0.1, 0.15) is 5.82 Å². The number of halogens is 1. The molecule has 0 saturated heterocycles. The third kappa shape index (κ3) is 2.45. The summed E-state index contributed by atoms with van der Waals surface area (Å²) < 4.78 is 1.77. The van der Waals surface area contributed by atoms with Gasteiger partial charge in [-0.15, -0.1) is 0 Å². The molecule has 5 nitrogen and oxygen atoms in total. The van der Waals surface area contributed by atoms with Crippen molar-refractivity contribution < 1.29 is 0 Å². The first-order valence-electron chi connectivity index (χ1n) is 6.79. The van der Waals surface area contributed by atoms with Crippen LogP contribution in [0.1, 0.15) is 25.3 Å². The molecule has 21 heavy (non-hydrogen) atoms. The average Bonchev–Trinajstić information content (AvgIpc) is 2.90. The number of hydrogen-bond donors (Lipinski definition) is 1. The Balaban J connectivity index is 2.14. The molecule has 2 heterocycles. The summed E-state index contributed by atoms with van der Waals surface area (Å²) in [5.74, 6) is 1.18. The maximum atomic E-state index is 5.98. The predicted molar refractivity (Wildman–Crippen MR) is 85.3 cm³/mol. The largest absolute Gasteiger partial charge is 0.372 e. The number of fused-ring (bicyclic) bond motifs is 1. The molecule has 0 fully saturated rings. The molecule has 0 amide bonds. The van der Waals surface area contributed by atoms with E-state index in [4.69, 9.17) is 11.6 Å². The van der Waals surface area contributed by atoms with E-state index >= 15 is 0 Å². The average molecular weight is 302 g/mol. The second kappa shape index (κ2) is 5.33. The Morgan fingerprint density at radius 2 is 1.86 bits per heavy atom. The predicted octanol–water partition coefficient (Wildman–Crippen LogP) is 3.63. The molecule has 0 aliphatic carbocycles. The highest BCUT2D eigenvalue weighted by Gasteiger charge is 2.12. The lowest BCUT2D eigenvalue weighted by atomic mass is 10.0. The highest BCUT2D eigenvalue weighted by Crippen LogP contribution is 2.24. The first kappa shape index (κ1) is 13.8. The number of rotatable bonds is 3. The lowest BCUT2D eigenvalue weighted by Crippen LogP contribution is -2.00. The van der Waals surface area contributed by atoms with Gasteiger partial charge in [0.2, 0.25) is 5.28 Å². The molecular formula is C15H16ClN5. The molecule has 0 bridgehead atoms. The van der Waals surface area contributed by atoms with Crippen molar-refractivity contribution in [3.8, 4) is 5.69 Å². The SMILES string of the molecule is CNc1nc(Cl)nc2c1cnn2-c1ccc(C(C)C)cc1. The van der Waals surface area contributed by atoms with Crippen LogP contribution in [0, 0.1) is 0 Å². The molecule has 0 aliphatic heterocycles. The fourth-order valence-electron chi connectivity index (χ4n) is 2.26. The van der Waals surface area contributed by atoms with Crippen molar-refractivity contribution in [2.75, 3.05) is 12.4 Å². The van der Waals surface area contributed by atoms with Gasteiger partial charge in [0.25, 0.3) is 0 Å². The Labute approximate surface area is 128 Å². The van der Waals surface area contributed by atoms with Crippen molar-refractivity contribution in [2.24, 2.45) is 0 Å². The lowest BCUT2D eigenvalue weighted by Gasteiger charge is -2.08. The maximum Gasteiger partial charge on any atom is 0.226 e. The van der Waals surface area contributed by atoms with Gasteiger partial charge < -0.3 is 5.32 Å². The van der Waals surface area contributed by atoms with E-state index < -0.39 is 0 Å². The molecule has 1 aromatic carbocycles. The van der Waals surface area contributed by atoms with Crippen LogP contribution >= 0.6 is 11.6 Å². The number of benzene rings is 1. The normalized spacial score (nSPS) is 11.3. The van der Waals surface area contributed by atoms with Gasteiger partial charge in [0.05, 0.1) is 17.3 Å². The van der Waals surface area contributed by atoms with Gasteiger partial charge in [-0.3, -0.25) is 0 Å². The maximum absolute atomic E-state index is 5.98. The number of nitrogens with one attached hydrogen (secondary N) is 1. The fraction of sp³-hybridized carbons (Fsp3) is 0.267. The Kier molecular flexibility index (Phi) is 3.51. The minimum atomic E-state index is 0.201. The molecule has 3 rings (SSSR count). The van der Waals surface area contributed by atoms with Crippen molar-refractivity contribution in [1.29, 1.82) is 0 Å². The van der Waals surface area contributed by atoms with E-state index in [1.54, 1.807) is 17.9 Å². The minimum absolute atomic E-state index is 0.201. The molecule has 3 aromatic rings. The van der Waals surface area contributed by atoms with Gasteiger partial charge in [-0.1, -0.05) is 26.0 Å². The Morgan fingerprint density at radius 3 is 2.48 bits per heavy atom. The quantitative estimate of drug-likeness (QED) is 0.751. The zero-order valence-corrected chi connectivity index (χ0v) is 12.9. The van der Waals surface area contributed by atoms with Crippen LogP contribution in [0.3, 0.4) is 0 Å². The van der Waals surface area contributed by atoms with Crippen molar-refractivity contribution >= 4 is 28.5 Å². The monoisotopic (exact) mass is 301 g/mol. The second-order valence-corrected chi connectivity index (χ2v) is 5.47. The van der Waals surface area contributed by atoms with E-state index in [-0.39, 0.29) is 5.28 Å². The van der Waals surface area contributed by atoms with Crippen LogP contribution in [0.4, 0.5) is 5.82 Å². The van der Waals surface area contributed by atoms with Crippen LogP contribution in [0.2, 0.25) is 5.28 Å². The first-order chi connectivity index (χ1) is 10.1. The number of aromatic nitrogens is 4. The van der Waals surface area contributed by atoms with Crippen molar-refractivity contribution in [2.45, 2.75) is 19.8 Å². The highest BCUT2D eigenvalue weighted by molar-refractivity contribution is 6.28. The van der Waals surface area contributed by atoms with Crippen molar-refractivity contribution in [3.05, 3.63) is 41.3 Å². The summed E-state index contributed by atoms with van der Waals surface area (Å²) in [5.41, 5.74) is 2.93. The van der Waals surface area contributed by atoms with E-state index in [0.29, 0.717) is 17.4 Å². The van der Waals surface area contributed by atoms with Gasteiger partial charge in [-0.25, -0.2) is 4.68 Å². The standard InChI is InChI=1S/C15H16ClN5/c1-9(2)10-4-6-11(7-5-10)21-14-12(8-18-21)13(17-3)19-15(16)20-14/h4-9H,1-3H3,(H,17,19,20). The Hall–Kier alpha value is -2.14. The van der Waals surface area contributed by atoms with Crippen molar-refractivity contribution in [3.63, 3.8) is 0 Å². The number of hydrogen-bond acceptors (Lipinski definition) is 4. The molecule has 108 valence electrons. The molecule has 0 radical (unpaired) electrons. The van der Waals surface area contributed by atoms with Crippen LogP contribution in [-0.4, -0.2) is 26.8 Å². The molecular weight excluding hydrogens is 286 g/mol. The molecule has 0 spiro atoms. The van der Waals surface area contributed by atoms with Gasteiger partial charge in [0.15, 0.2) is 5.65 Å². The van der Waals surface area contributed by atoms with E-state index in [1.807, 2.05) is 12.1 Å². The first-order valence-corrected chi connectivity index (χ1v) is 7.17. The molecule has 0 atom stereocenters. The Morgan fingerprint density at radius 1 is 1.14 bits per heavy atom. The van der Waals surface area contributed by atoms with E-state index in [1.165, 1.54) is 5.56 Å².